The maximum Gasteiger partial charge on any atom is 0.261 e. The van der Waals surface area contributed by atoms with E-state index in [1.54, 1.807) is 4.68 Å². The van der Waals surface area contributed by atoms with E-state index in [1.165, 1.54) is 11.1 Å². The molecule has 1 aromatic heterocycles. The van der Waals surface area contributed by atoms with Gasteiger partial charge in [-0.05, 0) is 31.0 Å². The summed E-state index contributed by atoms with van der Waals surface area (Å²) in [5, 5.41) is 6.69. The van der Waals surface area contributed by atoms with Crippen molar-refractivity contribution in [2.45, 2.75) is 38.6 Å². The van der Waals surface area contributed by atoms with E-state index in [4.69, 9.17) is 0 Å². The van der Waals surface area contributed by atoms with Crippen LogP contribution < -0.4 is 5.32 Å². The number of benzene rings is 2. The zero-order valence-corrected chi connectivity index (χ0v) is 15.9. The van der Waals surface area contributed by atoms with Crippen molar-refractivity contribution in [1.29, 1.82) is 0 Å². The van der Waals surface area contributed by atoms with Gasteiger partial charge in [-0.15, -0.1) is 5.10 Å². The number of halogens is 3. The molecule has 0 aliphatic carbocycles. The van der Waals surface area contributed by atoms with Crippen LogP contribution in [0, 0.1) is 24.4 Å². The fourth-order valence-corrected chi connectivity index (χ4v) is 3.76. The normalized spacial score (nSPS) is 18.4. The molecule has 1 aliphatic rings. The second-order valence-electron chi connectivity index (χ2n) is 7.40. The fourth-order valence-electron chi connectivity index (χ4n) is 3.76. The molecule has 2 aromatic carbocycles. The van der Waals surface area contributed by atoms with E-state index in [0.29, 0.717) is 12.6 Å². The van der Waals surface area contributed by atoms with Crippen LogP contribution >= 0.6 is 0 Å². The summed E-state index contributed by atoms with van der Waals surface area (Å²) >= 11 is 0. The Labute approximate surface area is 165 Å². The first-order valence-corrected chi connectivity index (χ1v) is 9.29. The molecular weight excluding hydrogens is 381 g/mol. The number of aryl methyl sites for hydroxylation is 1. The van der Waals surface area contributed by atoms with Crippen LogP contribution in [-0.4, -0.2) is 20.7 Å². The first-order valence-electron chi connectivity index (χ1n) is 9.29. The minimum Gasteiger partial charge on any atom is -0.289 e. The van der Waals surface area contributed by atoms with Gasteiger partial charge in [-0.25, -0.2) is 17.9 Å². The van der Waals surface area contributed by atoms with Gasteiger partial charge in [0.05, 0.1) is 5.56 Å². The third kappa shape index (κ3) is 3.62. The number of aromatic nitrogens is 3. The number of nitrogens with one attached hydrogen (secondary N) is 1. The second kappa shape index (κ2) is 7.35. The fraction of sp³-hybridized carbons (Fsp3) is 0.286. The van der Waals surface area contributed by atoms with E-state index >= 15 is 0 Å². The predicted molar refractivity (Wildman–Crippen MR) is 101 cm³/mol. The van der Waals surface area contributed by atoms with Crippen molar-refractivity contribution in [2.75, 3.05) is 5.32 Å². The van der Waals surface area contributed by atoms with Gasteiger partial charge >= 0.3 is 0 Å². The van der Waals surface area contributed by atoms with E-state index in [2.05, 4.69) is 27.5 Å². The summed E-state index contributed by atoms with van der Waals surface area (Å²) in [6.45, 7) is 4.68. The van der Waals surface area contributed by atoms with Crippen molar-refractivity contribution in [3.8, 4) is 0 Å². The topological polar surface area (TPSA) is 59.8 Å². The second-order valence-corrected chi connectivity index (χ2v) is 7.40. The molecule has 4 rings (SSSR count). The third-order valence-corrected chi connectivity index (χ3v) is 5.19. The number of carbonyl (C=O) groups is 1. The van der Waals surface area contributed by atoms with Crippen LogP contribution in [0.4, 0.5) is 19.1 Å². The summed E-state index contributed by atoms with van der Waals surface area (Å²) in [4.78, 5) is 16.6. The molecule has 0 radical (unpaired) electrons. The molecule has 0 saturated carbocycles. The lowest BCUT2D eigenvalue weighted by Crippen LogP contribution is -2.22. The maximum absolute atomic E-state index is 13.9. The van der Waals surface area contributed by atoms with E-state index in [1.807, 2.05) is 26.0 Å². The summed E-state index contributed by atoms with van der Waals surface area (Å²) < 4.78 is 42.1. The highest BCUT2D eigenvalue weighted by Crippen LogP contribution is 2.35. The Hall–Kier alpha value is -3.16. The highest BCUT2D eigenvalue weighted by atomic mass is 19.2. The van der Waals surface area contributed by atoms with Crippen LogP contribution in [-0.2, 0) is 6.54 Å². The SMILES string of the molecule is Cc1cccc(C2CC(C)c3nc(NC(=O)c4ccc(F)c(F)c4F)nn3C2)c1. The highest BCUT2D eigenvalue weighted by molar-refractivity contribution is 6.03. The number of carbonyl (C=O) groups excluding carboxylic acids is 1. The van der Waals surface area contributed by atoms with Gasteiger partial charge in [0.2, 0.25) is 5.95 Å². The average Bonchev–Trinajstić information content (AvgIpc) is 3.09. The third-order valence-electron chi connectivity index (χ3n) is 5.19. The average molecular weight is 400 g/mol. The van der Waals surface area contributed by atoms with Crippen molar-refractivity contribution in [1.82, 2.24) is 14.8 Å². The van der Waals surface area contributed by atoms with E-state index in [0.717, 1.165) is 18.3 Å². The number of amides is 1. The van der Waals surface area contributed by atoms with Gasteiger partial charge in [0, 0.05) is 18.4 Å². The van der Waals surface area contributed by atoms with Crippen molar-refractivity contribution in [3.05, 3.63) is 76.4 Å². The smallest absolute Gasteiger partial charge is 0.261 e. The highest BCUT2D eigenvalue weighted by Gasteiger charge is 2.29. The monoisotopic (exact) mass is 400 g/mol. The molecule has 0 fully saturated rings. The van der Waals surface area contributed by atoms with Crippen molar-refractivity contribution < 1.29 is 18.0 Å². The Morgan fingerprint density at radius 3 is 2.72 bits per heavy atom. The maximum atomic E-state index is 13.9. The van der Waals surface area contributed by atoms with Crippen LogP contribution in [0.1, 0.15) is 52.5 Å². The summed E-state index contributed by atoms with van der Waals surface area (Å²) in [6, 6.07) is 9.88. The molecule has 1 N–H and O–H groups in total. The lowest BCUT2D eigenvalue weighted by Gasteiger charge is -2.27. The van der Waals surface area contributed by atoms with E-state index in [9.17, 15) is 18.0 Å². The summed E-state index contributed by atoms with van der Waals surface area (Å²) in [6.07, 6.45) is 0.882. The number of nitrogens with zero attached hydrogens (tertiary/aromatic N) is 3. The molecule has 2 heterocycles. The summed E-state index contributed by atoms with van der Waals surface area (Å²) in [5.74, 6) is -4.44. The molecule has 2 atom stereocenters. The Morgan fingerprint density at radius 1 is 1.17 bits per heavy atom. The molecule has 0 spiro atoms. The van der Waals surface area contributed by atoms with Crippen LogP contribution in [0.2, 0.25) is 0 Å². The lowest BCUT2D eigenvalue weighted by molar-refractivity contribution is 0.102. The number of anilines is 1. The molecule has 5 nitrogen and oxygen atoms in total. The Kier molecular flexibility index (Phi) is 4.86. The molecular formula is C21H19F3N4O. The zero-order chi connectivity index (χ0) is 20.7. The Morgan fingerprint density at radius 2 is 1.97 bits per heavy atom. The summed E-state index contributed by atoms with van der Waals surface area (Å²) in [5.41, 5.74) is 1.79. The van der Waals surface area contributed by atoms with Crippen LogP contribution in [0.25, 0.3) is 0 Å². The van der Waals surface area contributed by atoms with E-state index in [-0.39, 0.29) is 17.8 Å². The Balaban J connectivity index is 1.56. The van der Waals surface area contributed by atoms with Crippen molar-refractivity contribution in [2.24, 2.45) is 0 Å². The molecule has 1 amide bonds. The molecule has 29 heavy (non-hydrogen) atoms. The minimum atomic E-state index is -1.69. The summed E-state index contributed by atoms with van der Waals surface area (Å²) in [7, 11) is 0. The standard InChI is InChI=1S/C21H19F3N4O/c1-11-4-3-5-13(8-11)14-9-12(2)19-25-21(27-28(19)10-14)26-20(29)15-6-7-16(22)18(24)17(15)23/h3-8,12,14H,9-10H2,1-2H3,(H,26,27,29). The number of fused-ring (bicyclic) bond motifs is 1. The van der Waals surface area contributed by atoms with Crippen LogP contribution in [0.15, 0.2) is 36.4 Å². The van der Waals surface area contributed by atoms with Gasteiger partial charge in [0.25, 0.3) is 5.91 Å². The zero-order valence-electron chi connectivity index (χ0n) is 15.9. The molecule has 150 valence electrons. The van der Waals surface area contributed by atoms with Gasteiger partial charge in [-0.1, -0.05) is 36.8 Å². The first kappa shape index (κ1) is 19.2. The molecule has 2 unspecified atom stereocenters. The van der Waals surface area contributed by atoms with Crippen molar-refractivity contribution >= 4 is 11.9 Å². The number of rotatable bonds is 3. The van der Waals surface area contributed by atoms with E-state index < -0.39 is 28.9 Å². The largest absolute Gasteiger partial charge is 0.289 e. The van der Waals surface area contributed by atoms with Gasteiger partial charge < -0.3 is 0 Å². The van der Waals surface area contributed by atoms with Gasteiger partial charge in [-0.2, -0.15) is 4.98 Å². The number of hydrogen-bond donors (Lipinski definition) is 1. The van der Waals surface area contributed by atoms with Gasteiger partial charge in [-0.3, -0.25) is 10.1 Å². The molecule has 3 aromatic rings. The molecule has 0 bridgehead atoms. The van der Waals surface area contributed by atoms with Crippen LogP contribution in [0.5, 0.6) is 0 Å². The quantitative estimate of drug-likeness (QED) is 0.657. The Bertz CT molecular complexity index is 1100. The van der Waals surface area contributed by atoms with Gasteiger partial charge in [0.1, 0.15) is 5.82 Å². The lowest BCUT2D eigenvalue weighted by atomic mass is 9.86. The molecule has 0 saturated heterocycles. The molecule has 1 aliphatic heterocycles. The first-order chi connectivity index (χ1) is 13.8. The van der Waals surface area contributed by atoms with Crippen molar-refractivity contribution in [3.63, 3.8) is 0 Å². The van der Waals surface area contributed by atoms with Gasteiger partial charge in [0.15, 0.2) is 17.5 Å². The number of hydrogen-bond acceptors (Lipinski definition) is 3. The molecule has 8 heteroatoms. The minimum absolute atomic E-state index is 0.00544. The van der Waals surface area contributed by atoms with Crippen LogP contribution in [0.3, 0.4) is 0 Å². The predicted octanol–water partition coefficient (Wildman–Crippen LogP) is 4.55.